The zero-order valence-electron chi connectivity index (χ0n) is 12.8. The van der Waals surface area contributed by atoms with E-state index in [2.05, 4.69) is 46.8 Å². The third kappa shape index (κ3) is 5.63. The molecule has 0 aliphatic carbocycles. The third-order valence-corrected chi connectivity index (χ3v) is 3.75. The first-order valence-electron chi connectivity index (χ1n) is 7.67. The van der Waals surface area contributed by atoms with E-state index < -0.39 is 5.60 Å². The fourth-order valence-electron chi connectivity index (χ4n) is 2.47. The zero-order chi connectivity index (χ0) is 15.0. The maximum absolute atomic E-state index is 10.4. The average Bonchev–Trinajstić information content (AvgIpc) is 2.73. The molecule has 5 nitrogen and oxygen atoms in total. The van der Waals surface area contributed by atoms with Crippen molar-refractivity contribution in [3.63, 3.8) is 0 Å². The lowest BCUT2D eigenvalue weighted by atomic mass is 10.1. The van der Waals surface area contributed by atoms with Gasteiger partial charge in [0.05, 0.1) is 13.2 Å². The Balaban J connectivity index is 1.61. The van der Waals surface area contributed by atoms with Gasteiger partial charge in [0.1, 0.15) is 5.60 Å². The maximum atomic E-state index is 10.4. The van der Waals surface area contributed by atoms with Crippen LogP contribution in [0.2, 0.25) is 0 Å². The predicted molar refractivity (Wildman–Crippen MR) is 85.8 cm³/mol. The second kappa shape index (κ2) is 8.34. The van der Waals surface area contributed by atoms with E-state index in [9.17, 15) is 5.11 Å². The number of benzene rings is 1. The predicted octanol–water partition coefficient (Wildman–Crippen LogP) is 0.453. The molecule has 3 N–H and O–H groups in total. The van der Waals surface area contributed by atoms with Gasteiger partial charge in [-0.25, -0.2) is 0 Å². The third-order valence-electron chi connectivity index (χ3n) is 3.75. The monoisotopic (exact) mass is 293 g/mol. The fourth-order valence-corrected chi connectivity index (χ4v) is 2.47. The molecule has 0 unspecified atom stereocenters. The van der Waals surface area contributed by atoms with E-state index in [0.29, 0.717) is 26.3 Å². The number of β-amino-alcohol motifs (C(OH)–C–C–N with tert-alkyl or cyclic N) is 1. The zero-order valence-corrected chi connectivity index (χ0v) is 12.8. The van der Waals surface area contributed by atoms with Gasteiger partial charge in [0.25, 0.3) is 0 Å². The largest absolute Gasteiger partial charge is 0.385 e. The van der Waals surface area contributed by atoms with Crippen molar-refractivity contribution in [2.24, 2.45) is 0 Å². The fraction of sp³-hybridized carbons (Fsp3) is 0.625. The topological polar surface area (TPSA) is 56.8 Å². The van der Waals surface area contributed by atoms with Crippen LogP contribution in [0.5, 0.6) is 0 Å². The van der Waals surface area contributed by atoms with Crippen LogP contribution >= 0.6 is 0 Å². The number of ether oxygens (including phenoxy) is 1. The standard InChI is InChI=1S/C16H27N3O2/c1-19(15-6-3-2-4-7-15)10-5-8-17-12-16(20)13-18-9-11-21-14-16/h2-4,6-7,17-18,20H,5,8-14H2,1H3/t16-/m1/s1. The molecule has 0 amide bonds. The highest BCUT2D eigenvalue weighted by Gasteiger charge is 2.28. The van der Waals surface area contributed by atoms with Crippen molar-refractivity contribution in [3.05, 3.63) is 30.3 Å². The van der Waals surface area contributed by atoms with E-state index in [-0.39, 0.29) is 0 Å². The smallest absolute Gasteiger partial charge is 0.113 e. The molecule has 118 valence electrons. The van der Waals surface area contributed by atoms with Gasteiger partial charge in [-0.2, -0.15) is 0 Å². The van der Waals surface area contributed by atoms with Crippen LogP contribution < -0.4 is 15.5 Å². The van der Waals surface area contributed by atoms with Crippen molar-refractivity contribution in [3.8, 4) is 0 Å². The Morgan fingerprint density at radius 3 is 3.00 bits per heavy atom. The molecule has 1 aromatic carbocycles. The summed E-state index contributed by atoms with van der Waals surface area (Å²) in [5, 5.41) is 16.9. The second-order valence-electron chi connectivity index (χ2n) is 5.74. The van der Waals surface area contributed by atoms with Crippen LogP contribution in [0.3, 0.4) is 0 Å². The van der Waals surface area contributed by atoms with Crippen molar-refractivity contribution in [1.29, 1.82) is 0 Å². The van der Waals surface area contributed by atoms with E-state index in [1.807, 2.05) is 6.07 Å². The van der Waals surface area contributed by atoms with Gasteiger partial charge in [-0.15, -0.1) is 0 Å². The summed E-state index contributed by atoms with van der Waals surface area (Å²) >= 11 is 0. The molecular formula is C16H27N3O2. The minimum absolute atomic E-state index is 0.400. The van der Waals surface area contributed by atoms with Gasteiger partial charge in [-0.1, -0.05) is 18.2 Å². The van der Waals surface area contributed by atoms with E-state index in [4.69, 9.17) is 4.74 Å². The van der Waals surface area contributed by atoms with Crippen molar-refractivity contribution in [1.82, 2.24) is 10.6 Å². The summed E-state index contributed by atoms with van der Waals surface area (Å²) in [6.45, 7) is 4.91. The van der Waals surface area contributed by atoms with Crippen LogP contribution in [0.15, 0.2) is 30.3 Å². The summed E-state index contributed by atoms with van der Waals surface area (Å²) in [5.41, 5.74) is 0.444. The summed E-state index contributed by atoms with van der Waals surface area (Å²) in [6.07, 6.45) is 1.04. The first-order valence-corrected chi connectivity index (χ1v) is 7.67. The lowest BCUT2D eigenvalue weighted by molar-refractivity contribution is -0.0261. The molecule has 0 spiro atoms. The molecule has 0 aromatic heterocycles. The van der Waals surface area contributed by atoms with Crippen LogP contribution in [-0.2, 0) is 4.74 Å². The molecule has 1 fully saturated rings. The van der Waals surface area contributed by atoms with E-state index >= 15 is 0 Å². The Morgan fingerprint density at radius 2 is 2.19 bits per heavy atom. The first-order chi connectivity index (χ1) is 10.2. The molecule has 0 radical (unpaired) electrons. The lowest BCUT2D eigenvalue weighted by Gasteiger charge is -2.26. The quantitative estimate of drug-likeness (QED) is 0.638. The molecule has 1 atom stereocenters. The van der Waals surface area contributed by atoms with E-state index in [0.717, 1.165) is 26.1 Å². The Hall–Kier alpha value is -1.14. The maximum Gasteiger partial charge on any atom is 0.113 e. The van der Waals surface area contributed by atoms with E-state index in [1.54, 1.807) is 0 Å². The highest BCUT2D eigenvalue weighted by atomic mass is 16.5. The van der Waals surface area contributed by atoms with Gasteiger partial charge in [-0.05, 0) is 25.1 Å². The van der Waals surface area contributed by atoms with Crippen LogP contribution in [-0.4, -0.2) is 63.7 Å². The van der Waals surface area contributed by atoms with E-state index in [1.165, 1.54) is 5.69 Å². The van der Waals surface area contributed by atoms with Gasteiger partial charge < -0.3 is 25.4 Å². The first kappa shape index (κ1) is 16.2. The highest BCUT2D eigenvalue weighted by molar-refractivity contribution is 5.44. The molecule has 1 aliphatic rings. The van der Waals surface area contributed by atoms with Crippen molar-refractivity contribution >= 4 is 5.69 Å². The molecule has 2 rings (SSSR count). The van der Waals surface area contributed by atoms with Crippen LogP contribution in [0.4, 0.5) is 5.69 Å². The number of nitrogens with zero attached hydrogens (tertiary/aromatic N) is 1. The second-order valence-corrected chi connectivity index (χ2v) is 5.74. The Labute approximate surface area is 127 Å². The van der Waals surface area contributed by atoms with Crippen LogP contribution in [0, 0.1) is 0 Å². The van der Waals surface area contributed by atoms with Crippen LogP contribution in [0.1, 0.15) is 6.42 Å². The minimum atomic E-state index is -0.790. The normalized spacial score (nSPS) is 22.8. The van der Waals surface area contributed by atoms with Gasteiger partial charge in [0, 0.05) is 38.9 Å². The van der Waals surface area contributed by atoms with Gasteiger partial charge in [0.2, 0.25) is 0 Å². The number of hydrogen-bond acceptors (Lipinski definition) is 5. The van der Waals surface area contributed by atoms with Crippen molar-refractivity contribution in [2.45, 2.75) is 12.0 Å². The lowest BCUT2D eigenvalue weighted by Crippen LogP contribution is -2.50. The summed E-state index contributed by atoms with van der Waals surface area (Å²) in [4.78, 5) is 2.24. The number of para-hydroxylation sites is 1. The molecular weight excluding hydrogens is 266 g/mol. The molecule has 1 saturated heterocycles. The number of aliphatic hydroxyl groups is 1. The van der Waals surface area contributed by atoms with Gasteiger partial charge in [-0.3, -0.25) is 0 Å². The van der Waals surface area contributed by atoms with Crippen molar-refractivity contribution < 1.29 is 9.84 Å². The Morgan fingerprint density at radius 1 is 1.38 bits per heavy atom. The minimum Gasteiger partial charge on any atom is -0.385 e. The summed E-state index contributed by atoms with van der Waals surface area (Å²) < 4.78 is 5.40. The molecule has 0 saturated carbocycles. The number of nitrogens with one attached hydrogen (secondary N) is 2. The number of anilines is 1. The summed E-state index contributed by atoms with van der Waals surface area (Å²) in [6, 6.07) is 10.4. The van der Waals surface area contributed by atoms with Crippen molar-refractivity contribution in [2.75, 3.05) is 57.9 Å². The average molecular weight is 293 g/mol. The molecule has 0 bridgehead atoms. The van der Waals surface area contributed by atoms with Gasteiger partial charge in [0.15, 0.2) is 0 Å². The summed E-state index contributed by atoms with van der Waals surface area (Å²) in [5.74, 6) is 0. The Kier molecular flexibility index (Phi) is 6.45. The van der Waals surface area contributed by atoms with Gasteiger partial charge >= 0.3 is 0 Å². The SMILES string of the molecule is CN(CCCNC[C@@]1(O)CNCCOC1)c1ccccc1. The Bertz CT molecular complexity index is 392. The highest BCUT2D eigenvalue weighted by Crippen LogP contribution is 2.10. The number of rotatable bonds is 7. The molecule has 21 heavy (non-hydrogen) atoms. The summed E-state index contributed by atoms with van der Waals surface area (Å²) in [7, 11) is 2.10. The number of hydrogen-bond donors (Lipinski definition) is 3. The molecule has 1 aliphatic heterocycles. The molecule has 1 heterocycles. The molecule has 1 aromatic rings. The molecule has 5 heteroatoms. The van der Waals surface area contributed by atoms with Crippen LogP contribution in [0.25, 0.3) is 0 Å².